The van der Waals surface area contributed by atoms with E-state index in [4.69, 9.17) is 0 Å². The Morgan fingerprint density at radius 2 is 1.74 bits per heavy atom. The molecule has 0 unspecified atom stereocenters. The summed E-state index contributed by atoms with van der Waals surface area (Å²) in [6.45, 7) is 5.65. The summed E-state index contributed by atoms with van der Waals surface area (Å²) in [5.74, 6) is 0. The molecule has 23 heavy (non-hydrogen) atoms. The molecule has 0 aliphatic heterocycles. The molecular formula is C17H22N2O3S. The molecule has 0 atom stereocenters. The van der Waals surface area contributed by atoms with Gasteiger partial charge in [-0.1, -0.05) is 56.2 Å². The molecule has 0 fully saturated rings. The van der Waals surface area contributed by atoms with Crippen LogP contribution in [0, 0.1) is 10.1 Å². The minimum absolute atomic E-state index is 0.277. The first-order valence-corrected chi connectivity index (χ1v) is 8.87. The largest absolute Gasteiger partial charge is 0.365 e. The fourth-order valence-electron chi connectivity index (χ4n) is 2.64. The highest BCUT2D eigenvalue weighted by Gasteiger charge is 2.26. The Kier molecular flexibility index (Phi) is 6.10. The van der Waals surface area contributed by atoms with Crippen molar-refractivity contribution in [3.8, 4) is 0 Å². The minimum atomic E-state index is -0.522. The highest BCUT2D eigenvalue weighted by Crippen LogP contribution is 2.35. The van der Waals surface area contributed by atoms with Crippen molar-refractivity contribution in [2.24, 2.45) is 0 Å². The zero-order valence-corrected chi connectivity index (χ0v) is 14.4. The van der Waals surface area contributed by atoms with Crippen LogP contribution in [0.2, 0.25) is 0 Å². The van der Waals surface area contributed by atoms with Crippen LogP contribution in [0.5, 0.6) is 0 Å². The molecular weight excluding hydrogens is 312 g/mol. The summed E-state index contributed by atoms with van der Waals surface area (Å²) in [6, 6.07) is 7.45. The van der Waals surface area contributed by atoms with Crippen LogP contribution < -0.4 is 9.64 Å². The number of benzene rings is 1. The summed E-state index contributed by atoms with van der Waals surface area (Å²) in [4.78, 5) is 25.3. The molecule has 5 nitrogen and oxygen atoms in total. The van der Waals surface area contributed by atoms with Crippen molar-refractivity contribution in [2.45, 2.75) is 39.5 Å². The van der Waals surface area contributed by atoms with Gasteiger partial charge in [-0.15, -0.1) is 0 Å². The second-order valence-electron chi connectivity index (χ2n) is 5.53. The average molecular weight is 334 g/mol. The number of nitro groups is 1. The van der Waals surface area contributed by atoms with Crippen LogP contribution in [0.25, 0.3) is 10.1 Å². The summed E-state index contributed by atoms with van der Waals surface area (Å²) in [7, 11) is 0. The summed E-state index contributed by atoms with van der Waals surface area (Å²) >= 11 is 0.952. The molecule has 0 saturated heterocycles. The average Bonchev–Trinajstić information content (AvgIpc) is 2.53. The molecule has 6 heteroatoms. The predicted molar refractivity (Wildman–Crippen MR) is 96.8 cm³/mol. The third-order valence-electron chi connectivity index (χ3n) is 3.82. The van der Waals surface area contributed by atoms with E-state index in [0.717, 1.165) is 60.2 Å². The van der Waals surface area contributed by atoms with Gasteiger partial charge in [-0.2, -0.15) is 0 Å². The van der Waals surface area contributed by atoms with Gasteiger partial charge in [-0.3, -0.25) is 14.9 Å². The van der Waals surface area contributed by atoms with Crippen molar-refractivity contribution in [2.75, 3.05) is 18.0 Å². The summed E-state index contributed by atoms with van der Waals surface area (Å²) < 4.78 is 0.331. The topological polar surface area (TPSA) is 63.4 Å². The number of rotatable bonds is 8. The normalized spacial score (nSPS) is 10.9. The lowest BCUT2D eigenvalue weighted by atomic mass is 10.1. The second-order valence-corrected chi connectivity index (χ2v) is 6.55. The summed E-state index contributed by atoms with van der Waals surface area (Å²) in [6.07, 6.45) is 3.91. The quantitative estimate of drug-likeness (QED) is 0.524. The van der Waals surface area contributed by atoms with Crippen molar-refractivity contribution in [1.29, 1.82) is 0 Å². The van der Waals surface area contributed by atoms with Gasteiger partial charge in [0.05, 0.1) is 4.92 Å². The van der Waals surface area contributed by atoms with Gasteiger partial charge in [-0.05, 0) is 18.9 Å². The zero-order valence-electron chi connectivity index (χ0n) is 13.6. The van der Waals surface area contributed by atoms with Crippen molar-refractivity contribution in [3.63, 3.8) is 0 Å². The standard InChI is InChI=1S/C17H22N2O3S/c1-3-5-11-18(12-6-4-2)15-13-9-7-8-10-14(13)23-17(20)16(15)19(21)22/h7-10H,3-6,11-12H2,1-2H3. The summed E-state index contributed by atoms with van der Waals surface area (Å²) in [5, 5.41) is 12.3. The Bertz CT molecular complexity index is 734. The van der Waals surface area contributed by atoms with E-state index in [2.05, 4.69) is 13.8 Å². The molecule has 0 radical (unpaired) electrons. The molecule has 0 saturated carbocycles. The van der Waals surface area contributed by atoms with Gasteiger partial charge in [-0.25, -0.2) is 0 Å². The van der Waals surface area contributed by atoms with Crippen molar-refractivity contribution in [1.82, 2.24) is 0 Å². The number of hydrogen-bond acceptors (Lipinski definition) is 5. The number of fused-ring (bicyclic) bond motifs is 1. The van der Waals surface area contributed by atoms with E-state index < -0.39 is 9.67 Å². The van der Waals surface area contributed by atoms with Crippen LogP contribution in [0.3, 0.4) is 0 Å². The molecule has 1 heterocycles. The van der Waals surface area contributed by atoms with Crippen LogP contribution in [-0.2, 0) is 0 Å². The number of anilines is 1. The zero-order chi connectivity index (χ0) is 16.8. The Balaban J connectivity index is 2.67. The van der Waals surface area contributed by atoms with E-state index in [0.29, 0.717) is 5.69 Å². The van der Waals surface area contributed by atoms with Crippen molar-refractivity contribution in [3.05, 3.63) is 43.9 Å². The van der Waals surface area contributed by atoms with Gasteiger partial charge < -0.3 is 4.90 Å². The maximum absolute atomic E-state index is 12.3. The molecule has 1 aromatic carbocycles. The van der Waals surface area contributed by atoms with Crippen LogP contribution in [0.4, 0.5) is 11.4 Å². The first-order valence-electron chi connectivity index (χ1n) is 8.05. The SMILES string of the molecule is CCCCN(CCCC)c1c([N+](=O)[O-])c(=O)sc2ccccc12. The molecule has 0 amide bonds. The maximum Gasteiger partial charge on any atom is 0.350 e. The molecule has 0 aliphatic carbocycles. The smallest absolute Gasteiger partial charge is 0.350 e. The number of nitrogens with zero attached hydrogens (tertiary/aromatic N) is 2. The lowest BCUT2D eigenvalue weighted by Gasteiger charge is -2.25. The van der Waals surface area contributed by atoms with Crippen molar-refractivity contribution < 1.29 is 4.92 Å². The monoisotopic (exact) mass is 334 g/mol. The Labute approximate surface area is 139 Å². The molecule has 2 aromatic rings. The first-order chi connectivity index (χ1) is 11.1. The highest BCUT2D eigenvalue weighted by molar-refractivity contribution is 7.16. The van der Waals surface area contributed by atoms with Gasteiger partial charge >= 0.3 is 10.4 Å². The minimum Gasteiger partial charge on any atom is -0.365 e. The Hall–Kier alpha value is -1.95. The van der Waals surface area contributed by atoms with Gasteiger partial charge in [0, 0.05) is 23.2 Å². The van der Waals surface area contributed by atoms with Gasteiger partial charge in [0.2, 0.25) is 0 Å². The van der Waals surface area contributed by atoms with Crippen molar-refractivity contribution >= 4 is 32.8 Å². The number of hydrogen-bond donors (Lipinski definition) is 0. The Morgan fingerprint density at radius 1 is 1.13 bits per heavy atom. The van der Waals surface area contributed by atoms with E-state index in [1.54, 1.807) is 0 Å². The van der Waals surface area contributed by atoms with E-state index in [1.165, 1.54) is 0 Å². The predicted octanol–water partition coefficient (Wildman–Crippen LogP) is 4.58. The number of unbranched alkanes of at least 4 members (excludes halogenated alkanes) is 2. The molecule has 0 aliphatic rings. The van der Waals surface area contributed by atoms with Crippen LogP contribution >= 0.6 is 11.3 Å². The summed E-state index contributed by atoms with van der Waals surface area (Å²) in [5.41, 5.74) is 0.220. The Morgan fingerprint density at radius 3 is 2.30 bits per heavy atom. The first kappa shape index (κ1) is 17.4. The lowest BCUT2D eigenvalue weighted by Crippen LogP contribution is -2.28. The molecule has 0 bridgehead atoms. The molecule has 2 rings (SSSR count). The fourth-order valence-corrected chi connectivity index (χ4v) is 3.53. The van der Waals surface area contributed by atoms with Crippen LogP contribution in [0.15, 0.2) is 29.1 Å². The highest BCUT2D eigenvalue weighted by atomic mass is 32.1. The second kappa shape index (κ2) is 8.06. The molecule has 1 aromatic heterocycles. The van der Waals surface area contributed by atoms with E-state index in [9.17, 15) is 14.9 Å². The van der Waals surface area contributed by atoms with E-state index in [1.807, 2.05) is 29.2 Å². The fraction of sp³-hybridized carbons (Fsp3) is 0.471. The van der Waals surface area contributed by atoms with E-state index >= 15 is 0 Å². The van der Waals surface area contributed by atoms with Gasteiger partial charge in [0.1, 0.15) is 5.69 Å². The lowest BCUT2D eigenvalue weighted by molar-refractivity contribution is -0.384. The molecule has 0 spiro atoms. The molecule has 124 valence electrons. The van der Waals surface area contributed by atoms with Crippen LogP contribution in [-0.4, -0.2) is 18.0 Å². The van der Waals surface area contributed by atoms with Gasteiger partial charge in [0.15, 0.2) is 0 Å². The third kappa shape index (κ3) is 3.88. The molecule has 0 N–H and O–H groups in total. The van der Waals surface area contributed by atoms with E-state index in [-0.39, 0.29) is 5.69 Å². The third-order valence-corrected chi connectivity index (χ3v) is 4.78. The van der Waals surface area contributed by atoms with Gasteiger partial charge in [0.25, 0.3) is 0 Å². The van der Waals surface area contributed by atoms with Crippen LogP contribution in [0.1, 0.15) is 39.5 Å². The maximum atomic E-state index is 12.3.